The lowest BCUT2D eigenvalue weighted by atomic mass is 9.86. The number of nitrogens with one attached hydrogen (secondary N) is 1. The number of hydrogen-bond acceptors (Lipinski definition) is 3. The second kappa shape index (κ2) is 6.99. The Hall–Kier alpha value is -0.960. The Morgan fingerprint density at radius 2 is 2.00 bits per heavy atom. The molecule has 0 aliphatic heterocycles. The van der Waals surface area contributed by atoms with Gasteiger partial charge in [0.2, 0.25) is 0 Å². The van der Waals surface area contributed by atoms with Gasteiger partial charge in [-0.3, -0.25) is 0 Å². The van der Waals surface area contributed by atoms with E-state index in [1.165, 1.54) is 37.8 Å². The van der Waals surface area contributed by atoms with Crippen molar-refractivity contribution in [1.82, 2.24) is 15.3 Å². The summed E-state index contributed by atoms with van der Waals surface area (Å²) in [6, 6.07) is 2.12. The molecule has 1 heterocycles. The summed E-state index contributed by atoms with van der Waals surface area (Å²) < 4.78 is 0. The second-order valence-corrected chi connectivity index (χ2v) is 6.08. The van der Waals surface area contributed by atoms with Crippen molar-refractivity contribution in [1.29, 1.82) is 0 Å². The third-order valence-corrected chi connectivity index (χ3v) is 4.28. The average Bonchev–Trinajstić information content (AvgIpc) is 2.45. The first kappa shape index (κ1) is 14.4. The molecule has 1 fully saturated rings. The van der Waals surface area contributed by atoms with E-state index in [0.717, 1.165) is 12.4 Å². The minimum Gasteiger partial charge on any atom is -0.319 e. The molecule has 0 bridgehead atoms. The van der Waals surface area contributed by atoms with E-state index in [4.69, 9.17) is 4.98 Å². The molecule has 1 unspecified atom stereocenters. The highest BCUT2D eigenvalue weighted by Gasteiger charge is 2.21. The van der Waals surface area contributed by atoms with Crippen molar-refractivity contribution in [3.63, 3.8) is 0 Å². The minimum atomic E-state index is 0.411. The van der Waals surface area contributed by atoms with Gasteiger partial charge in [0.25, 0.3) is 0 Å². The molecule has 3 nitrogen and oxygen atoms in total. The van der Waals surface area contributed by atoms with E-state index >= 15 is 0 Å². The normalized spacial score (nSPS) is 18.7. The Morgan fingerprint density at radius 1 is 1.26 bits per heavy atom. The molecular weight excluding hydrogens is 234 g/mol. The highest BCUT2D eigenvalue weighted by atomic mass is 14.9. The zero-order valence-corrected chi connectivity index (χ0v) is 12.5. The molecule has 1 saturated carbocycles. The minimum absolute atomic E-state index is 0.411. The number of rotatable bonds is 5. The van der Waals surface area contributed by atoms with Crippen molar-refractivity contribution in [3.05, 3.63) is 23.8 Å². The molecular formula is C16H27N3. The maximum absolute atomic E-state index is 4.89. The number of nitrogens with zero attached hydrogens (tertiary/aromatic N) is 2. The summed E-state index contributed by atoms with van der Waals surface area (Å²) in [5.41, 5.74) is 1.27. The van der Waals surface area contributed by atoms with Gasteiger partial charge in [-0.25, -0.2) is 9.97 Å². The fraction of sp³-hybridized carbons (Fsp3) is 0.750. The molecule has 1 aliphatic rings. The Labute approximate surface area is 117 Å². The first-order valence-electron chi connectivity index (χ1n) is 7.69. The summed E-state index contributed by atoms with van der Waals surface area (Å²) in [7, 11) is 2.00. The standard InChI is InChI=1S/C16H27N3/c1-12(2)14(11-17-3)16-18-10-9-15(19-16)13-7-5-4-6-8-13/h9-10,12-14,17H,4-8,11H2,1-3H3. The molecule has 1 atom stereocenters. The van der Waals surface area contributed by atoms with Crippen molar-refractivity contribution >= 4 is 0 Å². The first-order chi connectivity index (χ1) is 9.22. The lowest BCUT2D eigenvalue weighted by Gasteiger charge is -2.23. The van der Waals surface area contributed by atoms with Gasteiger partial charge < -0.3 is 5.32 Å². The summed E-state index contributed by atoms with van der Waals surface area (Å²) in [6.45, 7) is 5.45. The van der Waals surface area contributed by atoms with E-state index in [9.17, 15) is 0 Å². The Balaban J connectivity index is 2.17. The van der Waals surface area contributed by atoms with Crippen LogP contribution in [0.5, 0.6) is 0 Å². The molecule has 19 heavy (non-hydrogen) atoms. The maximum atomic E-state index is 4.89. The molecule has 1 N–H and O–H groups in total. The molecule has 0 spiro atoms. The molecule has 106 valence electrons. The third kappa shape index (κ3) is 3.75. The van der Waals surface area contributed by atoms with E-state index in [-0.39, 0.29) is 0 Å². The van der Waals surface area contributed by atoms with Gasteiger partial charge in [-0.2, -0.15) is 0 Å². The average molecular weight is 261 g/mol. The van der Waals surface area contributed by atoms with Gasteiger partial charge in [0, 0.05) is 30.3 Å². The molecule has 0 aromatic carbocycles. The number of hydrogen-bond donors (Lipinski definition) is 1. The molecule has 0 amide bonds. The van der Waals surface area contributed by atoms with Gasteiger partial charge in [0.15, 0.2) is 0 Å². The fourth-order valence-electron chi connectivity index (χ4n) is 3.04. The van der Waals surface area contributed by atoms with Crippen molar-refractivity contribution in [2.24, 2.45) is 5.92 Å². The van der Waals surface area contributed by atoms with Crippen LogP contribution in [0.4, 0.5) is 0 Å². The zero-order chi connectivity index (χ0) is 13.7. The molecule has 1 aliphatic carbocycles. The van der Waals surface area contributed by atoms with Crippen LogP contribution in [0.3, 0.4) is 0 Å². The van der Waals surface area contributed by atoms with Crippen LogP contribution in [0.2, 0.25) is 0 Å². The van der Waals surface area contributed by atoms with Crippen LogP contribution in [0.25, 0.3) is 0 Å². The first-order valence-corrected chi connectivity index (χ1v) is 7.69. The van der Waals surface area contributed by atoms with Crippen molar-refractivity contribution in [3.8, 4) is 0 Å². The van der Waals surface area contributed by atoms with Crippen molar-refractivity contribution in [2.45, 2.75) is 57.8 Å². The summed E-state index contributed by atoms with van der Waals surface area (Å²) >= 11 is 0. The third-order valence-electron chi connectivity index (χ3n) is 4.28. The zero-order valence-electron chi connectivity index (χ0n) is 12.5. The van der Waals surface area contributed by atoms with Crippen molar-refractivity contribution < 1.29 is 0 Å². The molecule has 3 heteroatoms. The molecule has 2 rings (SSSR count). The number of likely N-dealkylation sites (N-methyl/N-ethyl adjacent to an activating group) is 1. The van der Waals surface area contributed by atoms with Crippen molar-refractivity contribution in [2.75, 3.05) is 13.6 Å². The fourth-order valence-corrected chi connectivity index (χ4v) is 3.04. The summed E-state index contributed by atoms with van der Waals surface area (Å²) in [6.07, 6.45) is 8.66. The maximum Gasteiger partial charge on any atom is 0.133 e. The lowest BCUT2D eigenvalue weighted by Crippen LogP contribution is -2.24. The van der Waals surface area contributed by atoms with Crippen LogP contribution in [0.1, 0.15) is 69.3 Å². The highest BCUT2D eigenvalue weighted by molar-refractivity contribution is 5.12. The van der Waals surface area contributed by atoms with Crippen LogP contribution in [0.15, 0.2) is 12.3 Å². The molecule has 1 aromatic rings. The van der Waals surface area contributed by atoms with E-state index < -0.39 is 0 Å². The predicted octanol–water partition coefficient (Wildman–Crippen LogP) is 3.48. The van der Waals surface area contributed by atoms with E-state index in [0.29, 0.717) is 17.8 Å². The number of aromatic nitrogens is 2. The topological polar surface area (TPSA) is 37.8 Å². The SMILES string of the molecule is CNCC(c1nccc(C2CCCCC2)n1)C(C)C. The van der Waals surface area contributed by atoms with E-state index in [2.05, 4.69) is 30.2 Å². The van der Waals surface area contributed by atoms with Crippen LogP contribution in [-0.4, -0.2) is 23.6 Å². The van der Waals surface area contributed by atoms with Gasteiger partial charge in [-0.1, -0.05) is 33.1 Å². The van der Waals surface area contributed by atoms with Gasteiger partial charge >= 0.3 is 0 Å². The molecule has 1 aromatic heterocycles. The summed E-state index contributed by atoms with van der Waals surface area (Å²) in [5, 5.41) is 3.27. The Morgan fingerprint density at radius 3 is 2.63 bits per heavy atom. The molecule has 0 radical (unpaired) electrons. The second-order valence-electron chi connectivity index (χ2n) is 6.08. The summed E-state index contributed by atoms with van der Waals surface area (Å²) in [5.74, 6) is 2.66. The Kier molecular flexibility index (Phi) is 5.32. The largest absolute Gasteiger partial charge is 0.319 e. The monoisotopic (exact) mass is 261 g/mol. The predicted molar refractivity (Wildman–Crippen MR) is 79.4 cm³/mol. The summed E-state index contributed by atoms with van der Waals surface area (Å²) in [4.78, 5) is 9.41. The molecule has 0 saturated heterocycles. The van der Waals surface area contributed by atoms with Crippen LogP contribution in [-0.2, 0) is 0 Å². The van der Waals surface area contributed by atoms with Gasteiger partial charge in [0.05, 0.1) is 0 Å². The van der Waals surface area contributed by atoms with Crippen LogP contribution < -0.4 is 5.32 Å². The van der Waals surface area contributed by atoms with Crippen LogP contribution >= 0.6 is 0 Å². The smallest absolute Gasteiger partial charge is 0.133 e. The van der Waals surface area contributed by atoms with Gasteiger partial charge in [0.1, 0.15) is 5.82 Å². The van der Waals surface area contributed by atoms with Gasteiger partial charge in [-0.05, 0) is 31.9 Å². The van der Waals surface area contributed by atoms with Crippen LogP contribution in [0, 0.1) is 5.92 Å². The van der Waals surface area contributed by atoms with E-state index in [1.807, 2.05) is 13.2 Å². The van der Waals surface area contributed by atoms with E-state index in [1.54, 1.807) is 0 Å². The quantitative estimate of drug-likeness (QED) is 0.881. The Bertz CT molecular complexity index is 383. The van der Waals surface area contributed by atoms with Gasteiger partial charge in [-0.15, -0.1) is 0 Å². The highest BCUT2D eigenvalue weighted by Crippen LogP contribution is 2.32. The lowest BCUT2D eigenvalue weighted by molar-refractivity contribution is 0.425.